The molecule has 1 N–H and O–H groups in total. The molecular formula is C18H14N2O3. The second-order valence-electron chi connectivity index (χ2n) is 4.90. The molecule has 1 aromatic heterocycles. The molecule has 114 valence electrons. The molecule has 3 aromatic rings. The van der Waals surface area contributed by atoms with E-state index in [-0.39, 0.29) is 5.91 Å². The highest BCUT2D eigenvalue weighted by molar-refractivity contribution is 6.12. The summed E-state index contributed by atoms with van der Waals surface area (Å²) in [5.41, 5.74) is 2.34. The highest BCUT2D eigenvalue weighted by Gasteiger charge is 2.11. The number of benzene rings is 2. The number of nitrogens with one attached hydrogen (secondary N) is 1. The molecule has 3 rings (SSSR count). The van der Waals surface area contributed by atoms with Gasteiger partial charge in [-0.05, 0) is 42.5 Å². The molecule has 0 aliphatic heterocycles. The first-order valence-electron chi connectivity index (χ1n) is 7.02. The van der Waals surface area contributed by atoms with Crippen LogP contribution in [0.3, 0.4) is 0 Å². The second kappa shape index (κ2) is 6.27. The molecule has 0 radical (unpaired) electrons. The number of anilines is 1. The molecule has 0 aliphatic carbocycles. The van der Waals surface area contributed by atoms with E-state index < -0.39 is 5.97 Å². The predicted molar refractivity (Wildman–Crippen MR) is 87.5 cm³/mol. The van der Waals surface area contributed by atoms with Crippen LogP contribution in [-0.4, -0.2) is 24.0 Å². The Morgan fingerprint density at radius 1 is 1.00 bits per heavy atom. The van der Waals surface area contributed by atoms with Gasteiger partial charge in [-0.2, -0.15) is 0 Å². The van der Waals surface area contributed by atoms with E-state index in [1.807, 2.05) is 12.1 Å². The first-order chi connectivity index (χ1) is 11.2. The van der Waals surface area contributed by atoms with E-state index in [1.54, 1.807) is 48.7 Å². The molecule has 23 heavy (non-hydrogen) atoms. The quantitative estimate of drug-likeness (QED) is 0.754. The first kappa shape index (κ1) is 14.7. The lowest BCUT2D eigenvalue weighted by atomic mass is 10.1. The fraction of sp³-hybridized carbons (Fsp3) is 0.0556. The standard InChI is InChI=1S/C18H14N2O3/c1-23-18(22)12-7-9-13(10-8-12)20-17(21)15-4-2-6-16-14(15)5-3-11-19-16/h2-11H,1H3,(H,20,21). The van der Waals surface area contributed by atoms with Gasteiger partial charge in [0.15, 0.2) is 0 Å². The normalized spacial score (nSPS) is 10.3. The van der Waals surface area contributed by atoms with E-state index in [0.717, 1.165) is 10.9 Å². The molecule has 2 aromatic carbocycles. The molecule has 0 aliphatic rings. The third-order valence-corrected chi connectivity index (χ3v) is 3.45. The number of carbonyl (C=O) groups excluding carboxylic acids is 2. The van der Waals surface area contributed by atoms with Crippen LogP contribution >= 0.6 is 0 Å². The Bertz CT molecular complexity index is 868. The number of fused-ring (bicyclic) bond motifs is 1. The first-order valence-corrected chi connectivity index (χ1v) is 7.02. The maximum Gasteiger partial charge on any atom is 0.337 e. The van der Waals surface area contributed by atoms with Crippen molar-refractivity contribution in [2.24, 2.45) is 0 Å². The zero-order chi connectivity index (χ0) is 16.2. The van der Waals surface area contributed by atoms with Gasteiger partial charge in [-0.3, -0.25) is 9.78 Å². The van der Waals surface area contributed by atoms with Crippen molar-refractivity contribution in [3.8, 4) is 0 Å². The largest absolute Gasteiger partial charge is 0.465 e. The van der Waals surface area contributed by atoms with Gasteiger partial charge in [0, 0.05) is 22.8 Å². The van der Waals surface area contributed by atoms with Crippen molar-refractivity contribution in [2.45, 2.75) is 0 Å². The average Bonchev–Trinajstić information content (AvgIpc) is 2.61. The Labute approximate surface area is 132 Å². The molecule has 0 atom stereocenters. The van der Waals surface area contributed by atoms with Gasteiger partial charge in [0.2, 0.25) is 0 Å². The van der Waals surface area contributed by atoms with E-state index in [9.17, 15) is 9.59 Å². The van der Waals surface area contributed by atoms with Crippen molar-refractivity contribution in [1.82, 2.24) is 4.98 Å². The zero-order valence-electron chi connectivity index (χ0n) is 12.4. The third-order valence-electron chi connectivity index (χ3n) is 3.45. The van der Waals surface area contributed by atoms with E-state index >= 15 is 0 Å². The minimum atomic E-state index is -0.414. The number of nitrogens with zero attached hydrogens (tertiary/aromatic N) is 1. The van der Waals surface area contributed by atoms with Gasteiger partial charge < -0.3 is 10.1 Å². The van der Waals surface area contributed by atoms with E-state index in [4.69, 9.17) is 0 Å². The third kappa shape index (κ3) is 3.03. The summed E-state index contributed by atoms with van der Waals surface area (Å²) < 4.78 is 4.64. The SMILES string of the molecule is COC(=O)c1ccc(NC(=O)c2cccc3ncccc23)cc1. The topological polar surface area (TPSA) is 68.3 Å². The Morgan fingerprint density at radius 2 is 1.78 bits per heavy atom. The second-order valence-corrected chi connectivity index (χ2v) is 4.90. The Morgan fingerprint density at radius 3 is 2.52 bits per heavy atom. The summed E-state index contributed by atoms with van der Waals surface area (Å²) >= 11 is 0. The number of ether oxygens (including phenoxy) is 1. The van der Waals surface area contributed by atoms with Crippen LogP contribution in [0.2, 0.25) is 0 Å². The van der Waals surface area contributed by atoms with Gasteiger partial charge in [0.25, 0.3) is 5.91 Å². The molecule has 0 spiro atoms. The van der Waals surface area contributed by atoms with Crippen LogP contribution in [0.4, 0.5) is 5.69 Å². The van der Waals surface area contributed by atoms with Gasteiger partial charge in [-0.25, -0.2) is 4.79 Å². The lowest BCUT2D eigenvalue weighted by Crippen LogP contribution is -2.12. The van der Waals surface area contributed by atoms with Crippen LogP contribution in [0.1, 0.15) is 20.7 Å². The van der Waals surface area contributed by atoms with Crippen molar-refractivity contribution in [3.63, 3.8) is 0 Å². The van der Waals surface area contributed by atoms with Crippen molar-refractivity contribution >= 4 is 28.5 Å². The summed E-state index contributed by atoms with van der Waals surface area (Å²) in [4.78, 5) is 28.1. The van der Waals surface area contributed by atoms with Crippen LogP contribution in [0.15, 0.2) is 60.8 Å². The summed E-state index contributed by atoms with van der Waals surface area (Å²) in [6, 6.07) is 15.6. The van der Waals surface area contributed by atoms with Gasteiger partial charge in [0.1, 0.15) is 0 Å². The average molecular weight is 306 g/mol. The van der Waals surface area contributed by atoms with Gasteiger partial charge >= 0.3 is 5.97 Å². The minimum absolute atomic E-state index is 0.227. The number of hydrogen-bond donors (Lipinski definition) is 1. The highest BCUT2D eigenvalue weighted by Crippen LogP contribution is 2.18. The van der Waals surface area contributed by atoms with Crippen LogP contribution < -0.4 is 5.32 Å². The van der Waals surface area contributed by atoms with Crippen LogP contribution in [0, 0.1) is 0 Å². The van der Waals surface area contributed by atoms with Crippen molar-refractivity contribution in [3.05, 3.63) is 71.9 Å². The highest BCUT2D eigenvalue weighted by atomic mass is 16.5. The van der Waals surface area contributed by atoms with Crippen molar-refractivity contribution in [1.29, 1.82) is 0 Å². The minimum Gasteiger partial charge on any atom is -0.465 e. The molecule has 5 heteroatoms. The fourth-order valence-electron chi connectivity index (χ4n) is 2.31. The molecule has 0 unspecified atom stereocenters. The number of amides is 1. The molecule has 0 bridgehead atoms. The smallest absolute Gasteiger partial charge is 0.337 e. The zero-order valence-corrected chi connectivity index (χ0v) is 12.4. The number of rotatable bonds is 3. The molecule has 0 saturated carbocycles. The predicted octanol–water partition coefficient (Wildman–Crippen LogP) is 3.27. The van der Waals surface area contributed by atoms with Gasteiger partial charge in [-0.1, -0.05) is 12.1 Å². The number of carbonyl (C=O) groups is 2. The molecular weight excluding hydrogens is 292 g/mol. The molecule has 0 saturated heterocycles. The lowest BCUT2D eigenvalue weighted by molar-refractivity contribution is 0.0600. The lowest BCUT2D eigenvalue weighted by Gasteiger charge is -2.08. The Balaban J connectivity index is 1.85. The molecule has 5 nitrogen and oxygen atoms in total. The maximum absolute atomic E-state index is 12.5. The van der Waals surface area contributed by atoms with E-state index in [2.05, 4.69) is 15.0 Å². The molecule has 1 amide bonds. The maximum atomic E-state index is 12.5. The van der Waals surface area contributed by atoms with E-state index in [1.165, 1.54) is 7.11 Å². The monoisotopic (exact) mass is 306 g/mol. The van der Waals surface area contributed by atoms with Crippen LogP contribution in [0.5, 0.6) is 0 Å². The Kier molecular flexibility index (Phi) is 4.01. The van der Waals surface area contributed by atoms with Crippen LogP contribution in [-0.2, 0) is 4.74 Å². The number of aromatic nitrogens is 1. The molecule has 0 fully saturated rings. The summed E-state index contributed by atoms with van der Waals surface area (Å²) in [7, 11) is 1.33. The van der Waals surface area contributed by atoms with Gasteiger partial charge in [-0.15, -0.1) is 0 Å². The van der Waals surface area contributed by atoms with Crippen molar-refractivity contribution < 1.29 is 14.3 Å². The van der Waals surface area contributed by atoms with Crippen LogP contribution in [0.25, 0.3) is 10.9 Å². The summed E-state index contributed by atoms with van der Waals surface area (Å²) in [6.07, 6.45) is 1.69. The number of esters is 1. The molecule has 1 heterocycles. The summed E-state index contributed by atoms with van der Waals surface area (Å²) in [5.74, 6) is -0.641. The van der Waals surface area contributed by atoms with E-state index in [0.29, 0.717) is 16.8 Å². The van der Waals surface area contributed by atoms with Crippen molar-refractivity contribution in [2.75, 3.05) is 12.4 Å². The van der Waals surface area contributed by atoms with Gasteiger partial charge in [0.05, 0.1) is 18.2 Å². The fourth-order valence-corrected chi connectivity index (χ4v) is 2.31. The number of methoxy groups -OCH3 is 1. The summed E-state index contributed by atoms with van der Waals surface area (Å²) in [6.45, 7) is 0. The number of hydrogen-bond acceptors (Lipinski definition) is 4. The number of pyridine rings is 1. The summed E-state index contributed by atoms with van der Waals surface area (Å²) in [5, 5.41) is 3.61. The Hall–Kier alpha value is -3.21.